The zero-order chi connectivity index (χ0) is 21.1. The number of hydrogen-bond donors (Lipinski definition) is 3. The molecule has 8 nitrogen and oxygen atoms in total. The van der Waals surface area contributed by atoms with Crippen LogP contribution < -0.4 is 16.0 Å². The highest BCUT2D eigenvalue weighted by molar-refractivity contribution is 5.85. The molecule has 8 heteroatoms. The molecular formula is C19H39N5O3. The van der Waals surface area contributed by atoms with Crippen LogP contribution in [-0.2, 0) is 9.53 Å². The Morgan fingerprint density at radius 1 is 1.00 bits per heavy atom. The normalized spacial score (nSPS) is 12.4. The van der Waals surface area contributed by atoms with E-state index in [0.717, 1.165) is 6.42 Å². The zero-order valence-corrected chi connectivity index (χ0v) is 18.4. The number of hydrogen-bond acceptors (Lipinski definition) is 4. The molecule has 27 heavy (non-hydrogen) atoms. The molecule has 0 atom stereocenters. The van der Waals surface area contributed by atoms with E-state index in [1.807, 2.05) is 55.4 Å². The molecule has 0 heterocycles. The van der Waals surface area contributed by atoms with Crippen LogP contribution in [0.1, 0.15) is 61.8 Å². The van der Waals surface area contributed by atoms with E-state index in [4.69, 9.17) is 4.74 Å². The fourth-order valence-electron chi connectivity index (χ4n) is 2.15. The Morgan fingerprint density at radius 3 is 2.11 bits per heavy atom. The molecule has 2 amide bonds. The van der Waals surface area contributed by atoms with Crippen LogP contribution in [-0.4, -0.2) is 66.7 Å². The average molecular weight is 386 g/mol. The largest absolute Gasteiger partial charge is 0.444 e. The second kappa shape index (κ2) is 11.7. The van der Waals surface area contributed by atoms with Crippen molar-refractivity contribution in [3.05, 3.63) is 0 Å². The molecule has 0 aromatic heterocycles. The van der Waals surface area contributed by atoms with E-state index in [1.165, 1.54) is 0 Å². The van der Waals surface area contributed by atoms with Crippen LogP contribution >= 0.6 is 0 Å². The van der Waals surface area contributed by atoms with Gasteiger partial charge in [-0.3, -0.25) is 4.79 Å². The van der Waals surface area contributed by atoms with Crippen LogP contribution in [0, 0.1) is 0 Å². The lowest BCUT2D eigenvalue weighted by atomic mass is 10.1. The maximum atomic E-state index is 12.3. The molecule has 0 saturated carbocycles. The Labute approximate surface area is 164 Å². The van der Waals surface area contributed by atoms with E-state index >= 15 is 0 Å². The Morgan fingerprint density at radius 2 is 1.63 bits per heavy atom. The summed E-state index contributed by atoms with van der Waals surface area (Å²) in [5.74, 6) is 0.406. The molecule has 158 valence electrons. The number of guanidine groups is 1. The molecule has 3 N–H and O–H groups in total. The monoisotopic (exact) mass is 385 g/mol. The molecule has 0 aromatic carbocycles. The summed E-state index contributed by atoms with van der Waals surface area (Å²) in [6.07, 6.45) is 0.526. The van der Waals surface area contributed by atoms with Gasteiger partial charge in [0, 0.05) is 31.7 Å². The van der Waals surface area contributed by atoms with Gasteiger partial charge in [0.1, 0.15) is 12.1 Å². The summed E-state index contributed by atoms with van der Waals surface area (Å²) in [6, 6.07) is 0. The zero-order valence-electron chi connectivity index (χ0n) is 18.4. The molecule has 0 rings (SSSR count). The van der Waals surface area contributed by atoms with Crippen LogP contribution in [0.25, 0.3) is 0 Å². The molecule has 0 radical (unpaired) electrons. The lowest BCUT2D eigenvalue weighted by molar-refractivity contribution is -0.121. The number of carbonyl (C=O) groups is 2. The maximum absolute atomic E-state index is 12.3. The van der Waals surface area contributed by atoms with Crippen molar-refractivity contribution in [3.63, 3.8) is 0 Å². The van der Waals surface area contributed by atoms with Gasteiger partial charge in [-0.15, -0.1) is 0 Å². The van der Waals surface area contributed by atoms with E-state index < -0.39 is 5.60 Å². The minimum atomic E-state index is -0.521. The summed E-state index contributed by atoms with van der Waals surface area (Å²) in [4.78, 5) is 30.2. The molecule has 0 fully saturated rings. The van der Waals surface area contributed by atoms with Crippen LogP contribution in [0.2, 0.25) is 0 Å². The summed E-state index contributed by atoms with van der Waals surface area (Å²) < 4.78 is 5.44. The molecule has 0 unspecified atom stereocenters. The van der Waals surface area contributed by atoms with Crippen molar-refractivity contribution in [1.82, 2.24) is 20.9 Å². The van der Waals surface area contributed by atoms with Gasteiger partial charge in [-0.25, -0.2) is 9.79 Å². The number of carbonyl (C=O) groups excluding carboxylic acids is 2. The SMILES string of the molecule is CCCN(CCNC(=NCC(=O)NC(C)(C)C)NCC)C(=O)OC(C)(C)C. The topological polar surface area (TPSA) is 95.1 Å². The van der Waals surface area contributed by atoms with Gasteiger partial charge >= 0.3 is 6.09 Å². The number of nitrogens with zero attached hydrogens (tertiary/aromatic N) is 2. The van der Waals surface area contributed by atoms with Crippen LogP contribution in [0.15, 0.2) is 4.99 Å². The predicted molar refractivity (Wildman–Crippen MR) is 110 cm³/mol. The van der Waals surface area contributed by atoms with Gasteiger partial charge in [-0.1, -0.05) is 6.92 Å². The van der Waals surface area contributed by atoms with Gasteiger partial charge in [-0.2, -0.15) is 0 Å². The highest BCUT2D eigenvalue weighted by Gasteiger charge is 2.21. The molecule has 0 spiro atoms. The highest BCUT2D eigenvalue weighted by atomic mass is 16.6. The molecule has 0 aliphatic heterocycles. The second-order valence-electron chi connectivity index (χ2n) is 8.39. The van der Waals surface area contributed by atoms with E-state index in [9.17, 15) is 9.59 Å². The van der Waals surface area contributed by atoms with Gasteiger partial charge < -0.3 is 25.6 Å². The number of nitrogens with one attached hydrogen (secondary N) is 3. The predicted octanol–water partition coefficient (Wildman–Crippen LogP) is 2.10. The Bertz CT molecular complexity index is 493. The van der Waals surface area contributed by atoms with E-state index in [-0.39, 0.29) is 24.1 Å². The van der Waals surface area contributed by atoms with Crippen molar-refractivity contribution in [2.75, 3.05) is 32.7 Å². The first-order chi connectivity index (χ1) is 12.4. The Kier molecular flexibility index (Phi) is 10.8. The summed E-state index contributed by atoms with van der Waals surface area (Å²) in [6.45, 7) is 17.6. The first kappa shape index (κ1) is 25.0. The standard InChI is InChI=1S/C19H39N5O3/c1-9-12-24(17(26)27-19(6,7)8)13-11-21-16(20-10-2)22-14-15(25)23-18(3,4)5/h9-14H2,1-8H3,(H,23,25)(H2,20,21,22). The minimum absolute atomic E-state index is 0.0390. The Hall–Kier alpha value is -1.99. The lowest BCUT2D eigenvalue weighted by Crippen LogP contribution is -2.45. The van der Waals surface area contributed by atoms with E-state index in [2.05, 4.69) is 20.9 Å². The van der Waals surface area contributed by atoms with Gasteiger partial charge in [-0.05, 0) is 54.9 Å². The summed E-state index contributed by atoms with van der Waals surface area (Å²) in [5.41, 5.74) is -0.806. The van der Waals surface area contributed by atoms with Crippen molar-refractivity contribution in [2.24, 2.45) is 4.99 Å². The molecule has 0 aromatic rings. The van der Waals surface area contributed by atoms with Crippen LogP contribution in [0.4, 0.5) is 4.79 Å². The molecular weight excluding hydrogens is 346 g/mol. The smallest absolute Gasteiger partial charge is 0.410 e. The fraction of sp³-hybridized carbons (Fsp3) is 0.842. The first-order valence-corrected chi connectivity index (χ1v) is 9.69. The summed E-state index contributed by atoms with van der Waals surface area (Å²) in [5, 5.41) is 9.13. The molecule has 0 aliphatic rings. The van der Waals surface area contributed by atoms with Crippen molar-refractivity contribution in [2.45, 2.75) is 73.0 Å². The highest BCUT2D eigenvalue weighted by Crippen LogP contribution is 2.10. The van der Waals surface area contributed by atoms with Gasteiger partial charge in [0.15, 0.2) is 5.96 Å². The fourth-order valence-corrected chi connectivity index (χ4v) is 2.15. The molecule has 0 bridgehead atoms. The van der Waals surface area contributed by atoms with E-state index in [1.54, 1.807) is 4.90 Å². The van der Waals surface area contributed by atoms with Crippen molar-refractivity contribution < 1.29 is 14.3 Å². The van der Waals surface area contributed by atoms with Gasteiger partial charge in [0.2, 0.25) is 5.91 Å². The lowest BCUT2D eigenvalue weighted by Gasteiger charge is -2.27. The summed E-state index contributed by atoms with van der Waals surface area (Å²) in [7, 11) is 0. The third-order valence-electron chi connectivity index (χ3n) is 3.06. The number of aliphatic imine (C=N–C) groups is 1. The van der Waals surface area contributed by atoms with E-state index in [0.29, 0.717) is 32.1 Å². The van der Waals surface area contributed by atoms with Crippen molar-refractivity contribution in [1.29, 1.82) is 0 Å². The van der Waals surface area contributed by atoms with Crippen molar-refractivity contribution in [3.8, 4) is 0 Å². The van der Waals surface area contributed by atoms with Crippen molar-refractivity contribution >= 4 is 18.0 Å². The minimum Gasteiger partial charge on any atom is -0.444 e. The third kappa shape index (κ3) is 13.8. The van der Waals surface area contributed by atoms with Crippen LogP contribution in [0.5, 0.6) is 0 Å². The van der Waals surface area contributed by atoms with Gasteiger partial charge in [0.25, 0.3) is 0 Å². The quantitative estimate of drug-likeness (QED) is 0.439. The molecule has 0 aliphatic carbocycles. The number of amides is 2. The number of ether oxygens (including phenoxy) is 1. The second-order valence-corrected chi connectivity index (χ2v) is 8.39. The molecule has 0 saturated heterocycles. The summed E-state index contributed by atoms with van der Waals surface area (Å²) >= 11 is 0. The average Bonchev–Trinajstić information content (AvgIpc) is 2.48. The first-order valence-electron chi connectivity index (χ1n) is 9.69. The third-order valence-corrected chi connectivity index (χ3v) is 3.06. The van der Waals surface area contributed by atoms with Crippen LogP contribution in [0.3, 0.4) is 0 Å². The Balaban J connectivity index is 4.66. The maximum Gasteiger partial charge on any atom is 0.410 e. The van der Waals surface area contributed by atoms with Gasteiger partial charge in [0.05, 0.1) is 0 Å². The number of rotatable bonds is 8.